The number of halogens is 2. The maximum absolute atomic E-state index is 12.6. The summed E-state index contributed by atoms with van der Waals surface area (Å²) in [5.74, 6) is 1.64. The third kappa shape index (κ3) is 5.41. The van der Waals surface area contributed by atoms with Gasteiger partial charge in [-0.05, 0) is 88.7 Å². The summed E-state index contributed by atoms with van der Waals surface area (Å²) in [6, 6.07) is 18.3. The average molecular weight is 573 g/mol. The van der Waals surface area contributed by atoms with Gasteiger partial charge in [0.2, 0.25) is 6.79 Å². The fraction of sp³-hybridized carbons (Fsp3) is 0.120. The number of carbonyl (C=O) groups is 1. The second kappa shape index (κ2) is 10.1. The number of nitrogens with zero attached hydrogens (tertiary/aromatic N) is 1. The van der Waals surface area contributed by atoms with Gasteiger partial charge in [0, 0.05) is 10.7 Å². The molecular formula is C25H18ClIN2O4. The minimum Gasteiger partial charge on any atom is -0.488 e. The number of anilines is 1. The van der Waals surface area contributed by atoms with Crippen molar-refractivity contribution in [2.75, 3.05) is 12.1 Å². The van der Waals surface area contributed by atoms with Gasteiger partial charge in [-0.15, -0.1) is 0 Å². The van der Waals surface area contributed by atoms with Crippen LogP contribution in [0.1, 0.15) is 16.7 Å². The first-order valence-electron chi connectivity index (χ1n) is 9.94. The van der Waals surface area contributed by atoms with Gasteiger partial charge in [0.1, 0.15) is 24.0 Å². The average Bonchev–Trinajstić information content (AvgIpc) is 3.28. The number of carbonyl (C=O) groups excluding carboxylic acids is 1. The van der Waals surface area contributed by atoms with E-state index in [1.165, 1.54) is 0 Å². The first-order chi connectivity index (χ1) is 15.9. The smallest absolute Gasteiger partial charge is 0.266 e. The zero-order chi connectivity index (χ0) is 23.4. The van der Waals surface area contributed by atoms with Gasteiger partial charge < -0.3 is 19.5 Å². The van der Waals surface area contributed by atoms with Crippen molar-refractivity contribution in [2.45, 2.75) is 13.5 Å². The van der Waals surface area contributed by atoms with Crippen LogP contribution in [-0.2, 0) is 11.4 Å². The van der Waals surface area contributed by atoms with Gasteiger partial charge in [-0.25, -0.2) is 0 Å². The van der Waals surface area contributed by atoms with E-state index in [2.05, 4.69) is 27.9 Å². The predicted octanol–water partition coefficient (Wildman–Crippen LogP) is 6.11. The molecule has 0 bridgehead atoms. The molecule has 0 aromatic heterocycles. The van der Waals surface area contributed by atoms with Gasteiger partial charge in [0.05, 0.1) is 3.57 Å². The second-order valence-electron chi connectivity index (χ2n) is 7.20. The predicted molar refractivity (Wildman–Crippen MR) is 134 cm³/mol. The number of nitrogens with one attached hydrogen (secondary N) is 1. The summed E-state index contributed by atoms with van der Waals surface area (Å²) in [6.45, 7) is 2.40. The quantitative estimate of drug-likeness (QED) is 0.219. The van der Waals surface area contributed by atoms with Crippen LogP contribution in [0.5, 0.6) is 17.2 Å². The summed E-state index contributed by atoms with van der Waals surface area (Å²) in [5, 5.41) is 12.8. The molecule has 1 heterocycles. The Balaban J connectivity index is 1.45. The summed E-state index contributed by atoms with van der Waals surface area (Å²) in [4.78, 5) is 12.6. The Morgan fingerprint density at radius 2 is 2.03 bits per heavy atom. The molecule has 0 radical (unpaired) electrons. The molecule has 0 spiro atoms. The van der Waals surface area contributed by atoms with Crippen molar-refractivity contribution < 1.29 is 19.0 Å². The van der Waals surface area contributed by atoms with Crippen molar-refractivity contribution in [2.24, 2.45) is 0 Å². The highest BCUT2D eigenvalue weighted by molar-refractivity contribution is 14.1. The van der Waals surface area contributed by atoms with Crippen molar-refractivity contribution in [3.63, 3.8) is 0 Å². The van der Waals surface area contributed by atoms with Gasteiger partial charge in [0.25, 0.3) is 5.91 Å². The molecule has 166 valence electrons. The number of rotatable bonds is 6. The molecule has 0 fully saturated rings. The van der Waals surface area contributed by atoms with Gasteiger partial charge in [-0.3, -0.25) is 4.79 Å². The first kappa shape index (κ1) is 23.0. The molecule has 1 amide bonds. The number of fused-ring (bicyclic) bond motifs is 1. The molecular weight excluding hydrogens is 555 g/mol. The van der Waals surface area contributed by atoms with Crippen LogP contribution in [0.25, 0.3) is 6.08 Å². The number of hydrogen-bond acceptors (Lipinski definition) is 5. The van der Waals surface area contributed by atoms with Gasteiger partial charge in [-0.1, -0.05) is 29.8 Å². The highest BCUT2D eigenvalue weighted by atomic mass is 127. The molecule has 1 aliphatic rings. The highest BCUT2D eigenvalue weighted by Crippen LogP contribution is 2.33. The molecule has 0 saturated carbocycles. The molecule has 0 unspecified atom stereocenters. The van der Waals surface area contributed by atoms with E-state index < -0.39 is 5.91 Å². The van der Waals surface area contributed by atoms with Crippen molar-refractivity contribution in [3.05, 3.63) is 85.5 Å². The Kier molecular flexibility index (Phi) is 7.06. The van der Waals surface area contributed by atoms with E-state index in [9.17, 15) is 10.1 Å². The summed E-state index contributed by atoms with van der Waals surface area (Å²) < 4.78 is 17.5. The van der Waals surface area contributed by atoms with Gasteiger partial charge in [0.15, 0.2) is 11.5 Å². The Labute approximate surface area is 209 Å². The second-order valence-corrected chi connectivity index (χ2v) is 8.77. The SMILES string of the molecule is Cc1c(Cl)cccc1NC(=O)/C(C#N)=C\c1ccc(OCc2ccc3c(c2)OCO3)c(I)c1. The lowest BCUT2D eigenvalue weighted by Gasteiger charge is -2.10. The fourth-order valence-electron chi connectivity index (χ4n) is 3.16. The third-order valence-corrected chi connectivity index (χ3v) is 6.23. The van der Waals surface area contributed by atoms with Crippen LogP contribution < -0.4 is 19.5 Å². The van der Waals surface area contributed by atoms with Crippen LogP contribution in [0.3, 0.4) is 0 Å². The zero-order valence-electron chi connectivity index (χ0n) is 17.5. The lowest BCUT2D eigenvalue weighted by molar-refractivity contribution is -0.112. The Hall–Kier alpha value is -3.22. The Morgan fingerprint density at radius 1 is 1.21 bits per heavy atom. The Morgan fingerprint density at radius 3 is 2.82 bits per heavy atom. The van der Waals surface area contributed by atoms with Crippen LogP contribution in [-0.4, -0.2) is 12.7 Å². The van der Waals surface area contributed by atoms with E-state index in [1.54, 1.807) is 37.3 Å². The molecule has 3 aromatic rings. The number of nitriles is 1. The summed E-state index contributed by atoms with van der Waals surface area (Å²) in [5.41, 5.74) is 2.96. The van der Waals surface area contributed by atoms with Crippen molar-refractivity contribution in [1.82, 2.24) is 0 Å². The standard InChI is InChI=1S/C25H18ClIN2O4/c1-15-19(26)3-2-4-21(15)29-25(30)18(12-28)9-16-5-7-22(20(27)10-16)31-13-17-6-8-23-24(11-17)33-14-32-23/h2-11H,13-14H2,1H3,(H,29,30)/b18-9-. The lowest BCUT2D eigenvalue weighted by atomic mass is 10.1. The summed E-state index contributed by atoms with van der Waals surface area (Å²) in [7, 11) is 0. The van der Waals surface area contributed by atoms with Crippen molar-refractivity contribution >= 4 is 51.9 Å². The number of ether oxygens (including phenoxy) is 3. The van der Waals surface area contributed by atoms with Crippen LogP contribution in [0.2, 0.25) is 5.02 Å². The fourth-order valence-corrected chi connectivity index (χ4v) is 4.03. The van der Waals surface area contributed by atoms with Crippen LogP contribution >= 0.6 is 34.2 Å². The molecule has 6 nitrogen and oxygen atoms in total. The summed E-state index contributed by atoms with van der Waals surface area (Å²) >= 11 is 8.27. The monoisotopic (exact) mass is 572 g/mol. The molecule has 1 aliphatic heterocycles. The normalized spacial score (nSPS) is 12.2. The van der Waals surface area contributed by atoms with E-state index in [1.807, 2.05) is 36.4 Å². The maximum atomic E-state index is 12.6. The molecule has 0 saturated heterocycles. The zero-order valence-corrected chi connectivity index (χ0v) is 20.4. The Bertz CT molecular complexity index is 1300. The topological polar surface area (TPSA) is 80.6 Å². The van der Waals surface area contributed by atoms with Crippen LogP contribution in [0.15, 0.2) is 60.2 Å². The molecule has 8 heteroatoms. The minimum absolute atomic E-state index is 0.0146. The maximum Gasteiger partial charge on any atom is 0.266 e. The van der Waals surface area contributed by atoms with Crippen molar-refractivity contribution in [1.29, 1.82) is 5.26 Å². The van der Waals surface area contributed by atoms with Crippen LogP contribution in [0, 0.1) is 21.8 Å². The van der Waals surface area contributed by atoms with Crippen molar-refractivity contribution in [3.8, 4) is 23.3 Å². The first-order valence-corrected chi connectivity index (χ1v) is 11.4. The molecule has 1 N–H and O–H groups in total. The third-order valence-electron chi connectivity index (χ3n) is 4.98. The van der Waals surface area contributed by atoms with Gasteiger partial charge in [-0.2, -0.15) is 5.26 Å². The van der Waals surface area contributed by atoms with E-state index in [0.717, 1.165) is 20.4 Å². The van der Waals surface area contributed by atoms with E-state index >= 15 is 0 Å². The largest absolute Gasteiger partial charge is 0.488 e. The molecule has 33 heavy (non-hydrogen) atoms. The lowest BCUT2D eigenvalue weighted by Crippen LogP contribution is -2.14. The molecule has 0 atom stereocenters. The molecule has 4 rings (SSSR count). The van der Waals surface area contributed by atoms with Gasteiger partial charge >= 0.3 is 0 Å². The number of benzene rings is 3. The van der Waals surface area contributed by atoms with E-state index in [0.29, 0.717) is 34.4 Å². The van der Waals surface area contributed by atoms with E-state index in [4.69, 9.17) is 25.8 Å². The highest BCUT2D eigenvalue weighted by Gasteiger charge is 2.14. The minimum atomic E-state index is -0.499. The number of amides is 1. The number of hydrogen-bond donors (Lipinski definition) is 1. The van der Waals surface area contributed by atoms with E-state index in [-0.39, 0.29) is 12.4 Å². The molecule has 0 aliphatic carbocycles. The molecule has 3 aromatic carbocycles. The summed E-state index contributed by atoms with van der Waals surface area (Å²) in [6.07, 6.45) is 1.54. The van der Waals surface area contributed by atoms with Crippen LogP contribution in [0.4, 0.5) is 5.69 Å².